The third kappa shape index (κ3) is 2.19. The lowest BCUT2D eigenvalue weighted by Crippen LogP contribution is -2.05. The molecule has 3 rings (SSSR count). The highest BCUT2D eigenvalue weighted by molar-refractivity contribution is 5.82. The van der Waals surface area contributed by atoms with Crippen molar-refractivity contribution in [1.82, 2.24) is 4.98 Å². The first-order valence-corrected chi connectivity index (χ1v) is 5.56. The number of fused-ring (bicyclic) bond motifs is 1. The first-order chi connectivity index (χ1) is 9.04. The first-order valence-electron chi connectivity index (χ1n) is 5.56. The number of nitrogens with zero attached hydrogens (tertiary/aromatic N) is 1. The highest BCUT2D eigenvalue weighted by Gasteiger charge is 2.30. The quantitative estimate of drug-likeness (QED) is 0.645. The van der Waals surface area contributed by atoms with Crippen LogP contribution < -0.4 is 0 Å². The second-order valence-electron chi connectivity index (χ2n) is 4.08. The Bertz CT molecular complexity index is 680. The highest BCUT2D eigenvalue weighted by atomic mass is 19.4. The molecule has 2 aromatic heterocycles. The van der Waals surface area contributed by atoms with Crippen LogP contribution in [-0.4, -0.2) is 4.98 Å². The van der Waals surface area contributed by atoms with Crippen molar-refractivity contribution in [2.24, 2.45) is 0 Å². The van der Waals surface area contributed by atoms with E-state index in [4.69, 9.17) is 4.42 Å². The third-order valence-electron chi connectivity index (χ3n) is 2.77. The van der Waals surface area contributed by atoms with Crippen LogP contribution in [0.3, 0.4) is 0 Å². The van der Waals surface area contributed by atoms with Crippen LogP contribution in [0.25, 0.3) is 22.4 Å². The molecule has 0 radical (unpaired) electrons. The van der Waals surface area contributed by atoms with Crippen molar-refractivity contribution < 1.29 is 17.6 Å². The van der Waals surface area contributed by atoms with Gasteiger partial charge in [-0.25, -0.2) is 0 Å². The monoisotopic (exact) mass is 263 g/mol. The number of rotatable bonds is 1. The number of hydrogen-bond acceptors (Lipinski definition) is 2. The summed E-state index contributed by atoms with van der Waals surface area (Å²) in [6.07, 6.45) is -3.57. The lowest BCUT2D eigenvalue weighted by atomic mass is 10.2. The summed E-state index contributed by atoms with van der Waals surface area (Å²) in [6.45, 7) is 0. The van der Waals surface area contributed by atoms with Gasteiger partial charge in [-0.05, 0) is 24.3 Å². The van der Waals surface area contributed by atoms with Gasteiger partial charge in [0.2, 0.25) is 0 Å². The minimum atomic E-state index is -4.38. The topological polar surface area (TPSA) is 26.0 Å². The molecule has 2 heterocycles. The van der Waals surface area contributed by atoms with E-state index in [1.54, 1.807) is 12.1 Å². The molecule has 2 nitrogen and oxygen atoms in total. The normalized spacial score (nSPS) is 11.9. The van der Waals surface area contributed by atoms with Crippen LogP contribution in [0.4, 0.5) is 13.2 Å². The molecule has 0 amide bonds. The fourth-order valence-corrected chi connectivity index (χ4v) is 1.82. The number of halogens is 3. The number of para-hydroxylation sites is 1. The first kappa shape index (κ1) is 11.8. The number of hydrogen-bond donors (Lipinski definition) is 0. The van der Waals surface area contributed by atoms with Crippen LogP contribution in [0.15, 0.2) is 53.1 Å². The van der Waals surface area contributed by atoms with Crippen molar-refractivity contribution in [3.63, 3.8) is 0 Å². The Kier molecular flexibility index (Phi) is 2.55. The van der Waals surface area contributed by atoms with Crippen LogP contribution in [0, 0.1) is 0 Å². The molecule has 0 aliphatic carbocycles. The Morgan fingerprint density at radius 2 is 1.79 bits per heavy atom. The maximum atomic E-state index is 12.4. The molecule has 0 bridgehead atoms. The van der Waals surface area contributed by atoms with Crippen molar-refractivity contribution in [1.29, 1.82) is 0 Å². The van der Waals surface area contributed by atoms with E-state index in [-0.39, 0.29) is 0 Å². The van der Waals surface area contributed by atoms with Crippen molar-refractivity contribution in [3.8, 4) is 11.5 Å². The Morgan fingerprint density at radius 3 is 2.42 bits per heavy atom. The predicted octanol–water partition coefficient (Wildman–Crippen LogP) is 4.51. The van der Waals surface area contributed by atoms with Crippen molar-refractivity contribution in [2.45, 2.75) is 6.18 Å². The molecule has 0 saturated heterocycles. The summed E-state index contributed by atoms with van der Waals surface area (Å²) in [6, 6.07) is 11.4. The van der Waals surface area contributed by atoms with E-state index in [1.807, 2.05) is 18.2 Å². The molecule has 0 N–H and O–H groups in total. The minimum absolute atomic E-state index is 0.379. The molecule has 0 fully saturated rings. The van der Waals surface area contributed by atoms with Gasteiger partial charge in [0, 0.05) is 11.6 Å². The van der Waals surface area contributed by atoms with Gasteiger partial charge in [-0.2, -0.15) is 13.2 Å². The molecule has 0 aliphatic heterocycles. The molecule has 3 aromatic rings. The number of aromatic nitrogens is 1. The lowest BCUT2D eigenvalue weighted by molar-refractivity contribution is -0.137. The number of benzene rings is 1. The second kappa shape index (κ2) is 4.12. The predicted molar refractivity (Wildman–Crippen MR) is 64.4 cm³/mol. The van der Waals surface area contributed by atoms with Crippen LogP contribution >= 0.6 is 0 Å². The summed E-state index contributed by atoms with van der Waals surface area (Å²) in [5, 5.41) is 0.888. The number of furan rings is 1. The fourth-order valence-electron chi connectivity index (χ4n) is 1.82. The SMILES string of the molecule is FC(F)(F)c1ccc(-c2cc3ccccc3o2)nc1. The van der Waals surface area contributed by atoms with Crippen LogP contribution in [0.5, 0.6) is 0 Å². The van der Waals surface area contributed by atoms with Crippen molar-refractivity contribution in [3.05, 3.63) is 54.2 Å². The molecular formula is C14H8F3NO. The Balaban J connectivity index is 2.02. The zero-order valence-corrected chi connectivity index (χ0v) is 9.61. The van der Waals surface area contributed by atoms with Gasteiger partial charge in [-0.15, -0.1) is 0 Å². The van der Waals surface area contributed by atoms with Gasteiger partial charge in [0.1, 0.15) is 11.3 Å². The van der Waals surface area contributed by atoms with Gasteiger partial charge >= 0.3 is 6.18 Å². The Hall–Kier alpha value is -2.30. The Morgan fingerprint density at radius 1 is 1.00 bits per heavy atom. The van der Waals surface area contributed by atoms with E-state index in [0.29, 0.717) is 17.0 Å². The Labute approximate surface area is 106 Å². The summed E-state index contributed by atoms with van der Waals surface area (Å²) in [5.74, 6) is 0.454. The lowest BCUT2D eigenvalue weighted by Gasteiger charge is -2.05. The number of alkyl halides is 3. The summed E-state index contributed by atoms with van der Waals surface area (Å²) < 4.78 is 42.8. The fraction of sp³-hybridized carbons (Fsp3) is 0.0714. The molecule has 1 aromatic carbocycles. The molecule has 19 heavy (non-hydrogen) atoms. The van der Waals surface area contributed by atoms with E-state index in [9.17, 15) is 13.2 Å². The smallest absolute Gasteiger partial charge is 0.417 e. The average molecular weight is 263 g/mol. The van der Waals surface area contributed by atoms with Gasteiger partial charge in [0.15, 0.2) is 5.76 Å². The third-order valence-corrected chi connectivity index (χ3v) is 2.77. The van der Waals surface area contributed by atoms with Crippen LogP contribution in [0.2, 0.25) is 0 Å². The molecule has 0 atom stereocenters. The minimum Gasteiger partial charge on any atom is -0.454 e. The maximum absolute atomic E-state index is 12.4. The maximum Gasteiger partial charge on any atom is 0.417 e. The average Bonchev–Trinajstić information content (AvgIpc) is 2.81. The molecule has 5 heteroatoms. The van der Waals surface area contributed by atoms with Gasteiger partial charge in [0.05, 0.1) is 5.56 Å². The highest BCUT2D eigenvalue weighted by Crippen LogP contribution is 2.31. The molecule has 0 spiro atoms. The van der Waals surface area contributed by atoms with E-state index in [1.165, 1.54) is 6.07 Å². The van der Waals surface area contributed by atoms with Crippen molar-refractivity contribution in [2.75, 3.05) is 0 Å². The molecule has 96 valence electrons. The van der Waals surface area contributed by atoms with Gasteiger partial charge < -0.3 is 4.42 Å². The molecule has 0 aliphatic rings. The zero-order valence-electron chi connectivity index (χ0n) is 9.61. The summed E-state index contributed by atoms with van der Waals surface area (Å²) in [5.41, 5.74) is 0.288. The van der Waals surface area contributed by atoms with Crippen LogP contribution in [-0.2, 0) is 6.18 Å². The van der Waals surface area contributed by atoms with Gasteiger partial charge in [0.25, 0.3) is 0 Å². The molecule has 0 saturated carbocycles. The molecule has 0 unspecified atom stereocenters. The van der Waals surface area contributed by atoms with Crippen LogP contribution in [0.1, 0.15) is 5.56 Å². The second-order valence-corrected chi connectivity index (χ2v) is 4.08. The summed E-state index contributed by atoms with van der Waals surface area (Å²) in [7, 11) is 0. The van der Waals surface area contributed by atoms with Crippen molar-refractivity contribution >= 4 is 11.0 Å². The van der Waals surface area contributed by atoms with E-state index in [0.717, 1.165) is 17.6 Å². The number of pyridine rings is 1. The molecular weight excluding hydrogens is 255 g/mol. The zero-order chi connectivity index (χ0) is 13.5. The largest absolute Gasteiger partial charge is 0.454 e. The van der Waals surface area contributed by atoms with Gasteiger partial charge in [-0.3, -0.25) is 4.98 Å². The van der Waals surface area contributed by atoms with E-state index >= 15 is 0 Å². The van der Waals surface area contributed by atoms with E-state index < -0.39 is 11.7 Å². The summed E-state index contributed by atoms with van der Waals surface area (Å²) in [4.78, 5) is 3.80. The standard InChI is InChI=1S/C14H8F3NO/c15-14(16,17)10-5-6-11(18-8-10)13-7-9-3-1-2-4-12(9)19-13/h1-8H. The summed E-state index contributed by atoms with van der Waals surface area (Å²) >= 11 is 0. The van der Waals surface area contributed by atoms with Gasteiger partial charge in [-0.1, -0.05) is 18.2 Å². The van der Waals surface area contributed by atoms with E-state index in [2.05, 4.69) is 4.98 Å².